The minimum absolute atomic E-state index is 0.143. The fourth-order valence-electron chi connectivity index (χ4n) is 3.73. The van der Waals surface area contributed by atoms with E-state index in [4.69, 9.17) is 42.8 Å². The first-order valence-corrected chi connectivity index (χ1v) is 12.2. The van der Waals surface area contributed by atoms with Crippen molar-refractivity contribution in [3.63, 3.8) is 0 Å². The van der Waals surface area contributed by atoms with E-state index in [1.807, 2.05) is 12.1 Å². The van der Waals surface area contributed by atoms with Gasteiger partial charge in [-0.05, 0) is 42.0 Å². The quantitative estimate of drug-likeness (QED) is 0.283. The summed E-state index contributed by atoms with van der Waals surface area (Å²) in [5.74, 6) is 1.67. The number of hydrogen-bond acceptors (Lipinski definition) is 8. The molecule has 1 saturated heterocycles. The Kier molecular flexibility index (Phi) is 6.74. The van der Waals surface area contributed by atoms with E-state index in [1.54, 1.807) is 48.5 Å². The van der Waals surface area contributed by atoms with Gasteiger partial charge in [0.1, 0.15) is 6.61 Å². The molecular formula is C26H17ClN2O5S2. The van der Waals surface area contributed by atoms with Gasteiger partial charge in [0.05, 0.1) is 34.4 Å². The maximum atomic E-state index is 13.2. The third-order valence-corrected chi connectivity index (χ3v) is 7.05. The SMILES string of the molecule is COc1cc(/C=C2\SC(=S)N(c3ccc4c(c3)OCO4)C2=O)cc(Cl)c1OCc1ccccc1C#N. The molecule has 10 heteroatoms. The Hall–Kier alpha value is -3.71. The van der Waals surface area contributed by atoms with Crippen LogP contribution >= 0.6 is 35.6 Å². The molecule has 3 aromatic rings. The number of thiocarbonyl (C=S) groups is 1. The van der Waals surface area contributed by atoms with Crippen molar-refractivity contribution in [2.24, 2.45) is 0 Å². The predicted octanol–water partition coefficient (Wildman–Crippen LogP) is 5.93. The van der Waals surface area contributed by atoms with Gasteiger partial charge in [-0.15, -0.1) is 0 Å². The molecule has 2 heterocycles. The Morgan fingerprint density at radius 2 is 2.00 bits per heavy atom. The number of fused-ring (bicyclic) bond motifs is 1. The van der Waals surface area contributed by atoms with Crippen LogP contribution in [0.2, 0.25) is 5.02 Å². The summed E-state index contributed by atoms with van der Waals surface area (Å²) in [4.78, 5) is 15.1. The van der Waals surface area contributed by atoms with E-state index in [0.717, 1.165) is 5.56 Å². The molecule has 36 heavy (non-hydrogen) atoms. The van der Waals surface area contributed by atoms with Crippen LogP contribution in [0.5, 0.6) is 23.0 Å². The van der Waals surface area contributed by atoms with E-state index in [0.29, 0.717) is 54.1 Å². The van der Waals surface area contributed by atoms with Crippen molar-refractivity contribution in [2.45, 2.75) is 6.61 Å². The first kappa shape index (κ1) is 24.0. The number of methoxy groups -OCH3 is 1. The maximum Gasteiger partial charge on any atom is 0.270 e. The molecule has 0 radical (unpaired) electrons. The molecule has 0 aliphatic carbocycles. The number of carbonyl (C=O) groups excluding carboxylic acids is 1. The highest BCUT2D eigenvalue weighted by molar-refractivity contribution is 8.27. The molecule has 0 atom stereocenters. The summed E-state index contributed by atoms with van der Waals surface area (Å²) >= 11 is 13.2. The highest BCUT2D eigenvalue weighted by Crippen LogP contribution is 2.42. The minimum Gasteiger partial charge on any atom is -0.493 e. The molecule has 5 rings (SSSR count). The van der Waals surface area contributed by atoms with Crippen LogP contribution in [0.3, 0.4) is 0 Å². The summed E-state index contributed by atoms with van der Waals surface area (Å²) in [5, 5.41) is 9.61. The van der Waals surface area contributed by atoms with Crippen molar-refractivity contribution < 1.29 is 23.7 Å². The third kappa shape index (κ3) is 4.58. The summed E-state index contributed by atoms with van der Waals surface area (Å²) < 4.78 is 22.6. The van der Waals surface area contributed by atoms with Crippen molar-refractivity contribution in [1.29, 1.82) is 5.26 Å². The zero-order chi connectivity index (χ0) is 25.2. The van der Waals surface area contributed by atoms with Crippen LogP contribution in [-0.4, -0.2) is 24.1 Å². The number of nitrogens with zero attached hydrogens (tertiary/aromatic N) is 2. The van der Waals surface area contributed by atoms with Gasteiger partial charge >= 0.3 is 0 Å². The topological polar surface area (TPSA) is 81.0 Å². The highest BCUT2D eigenvalue weighted by atomic mass is 35.5. The second-order valence-corrected chi connectivity index (χ2v) is 9.73. The standard InChI is InChI=1S/C26H17ClN2O5S2/c1-31-22-9-15(8-19(27)24(22)32-13-17-5-3-2-4-16(17)12-28)10-23-25(30)29(26(35)36-23)18-6-7-20-21(11-18)34-14-33-20/h2-11H,13-14H2,1H3/b23-10-. The van der Waals surface area contributed by atoms with Gasteiger partial charge in [0, 0.05) is 11.6 Å². The van der Waals surface area contributed by atoms with Crippen LogP contribution < -0.4 is 23.8 Å². The molecule has 0 bridgehead atoms. The molecule has 0 N–H and O–H groups in total. The zero-order valence-corrected chi connectivity index (χ0v) is 21.2. The lowest BCUT2D eigenvalue weighted by atomic mass is 10.1. The summed E-state index contributed by atoms with van der Waals surface area (Å²) in [6.45, 7) is 0.289. The fourth-order valence-corrected chi connectivity index (χ4v) is 5.31. The molecule has 0 spiro atoms. The number of hydrogen-bond donors (Lipinski definition) is 0. The number of carbonyl (C=O) groups is 1. The van der Waals surface area contributed by atoms with Gasteiger partial charge in [0.2, 0.25) is 6.79 Å². The van der Waals surface area contributed by atoms with Gasteiger partial charge < -0.3 is 18.9 Å². The highest BCUT2D eigenvalue weighted by Gasteiger charge is 2.34. The molecule has 3 aromatic carbocycles. The molecule has 2 aliphatic heterocycles. The number of benzene rings is 3. The average molecular weight is 537 g/mol. The molecule has 1 amide bonds. The van der Waals surface area contributed by atoms with Gasteiger partial charge in [-0.2, -0.15) is 5.26 Å². The molecular weight excluding hydrogens is 520 g/mol. The monoisotopic (exact) mass is 536 g/mol. The summed E-state index contributed by atoms with van der Waals surface area (Å²) in [6, 6.07) is 18.0. The van der Waals surface area contributed by atoms with Crippen LogP contribution in [-0.2, 0) is 11.4 Å². The number of thioether (sulfide) groups is 1. The van der Waals surface area contributed by atoms with Crippen LogP contribution in [0.1, 0.15) is 16.7 Å². The van der Waals surface area contributed by atoms with Crippen molar-refractivity contribution in [3.05, 3.63) is 81.2 Å². The van der Waals surface area contributed by atoms with Crippen molar-refractivity contribution >= 4 is 57.6 Å². The maximum absolute atomic E-state index is 13.2. The van der Waals surface area contributed by atoms with E-state index in [2.05, 4.69) is 6.07 Å². The molecule has 180 valence electrons. The number of nitriles is 1. The lowest BCUT2D eigenvalue weighted by molar-refractivity contribution is -0.113. The van der Waals surface area contributed by atoms with Gasteiger partial charge in [0.15, 0.2) is 27.3 Å². The van der Waals surface area contributed by atoms with Crippen LogP contribution in [0.4, 0.5) is 5.69 Å². The van der Waals surface area contributed by atoms with E-state index >= 15 is 0 Å². The summed E-state index contributed by atoms with van der Waals surface area (Å²) in [5.41, 5.74) is 2.50. The van der Waals surface area contributed by atoms with Gasteiger partial charge in [-0.25, -0.2) is 0 Å². The number of anilines is 1. The van der Waals surface area contributed by atoms with E-state index in [1.165, 1.54) is 23.8 Å². The normalized spacial score (nSPS) is 15.4. The third-order valence-electron chi connectivity index (χ3n) is 5.47. The number of ether oxygens (including phenoxy) is 4. The predicted molar refractivity (Wildman–Crippen MR) is 142 cm³/mol. The first-order chi connectivity index (χ1) is 17.5. The average Bonchev–Trinajstić information content (AvgIpc) is 3.46. The van der Waals surface area contributed by atoms with E-state index in [9.17, 15) is 10.1 Å². The van der Waals surface area contributed by atoms with Crippen LogP contribution in [0, 0.1) is 11.3 Å². The Balaban J connectivity index is 1.39. The Morgan fingerprint density at radius 3 is 2.81 bits per heavy atom. The first-order valence-electron chi connectivity index (χ1n) is 10.6. The Morgan fingerprint density at radius 1 is 1.19 bits per heavy atom. The smallest absolute Gasteiger partial charge is 0.270 e. The van der Waals surface area contributed by atoms with Crippen LogP contribution in [0.15, 0.2) is 59.5 Å². The van der Waals surface area contributed by atoms with E-state index in [-0.39, 0.29) is 19.3 Å². The summed E-state index contributed by atoms with van der Waals surface area (Å²) in [6.07, 6.45) is 1.70. The molecule has 0 saturated carbocycles. The van der Waals surface area contributed by atoms with Gasteiger partial charge in [-0.3, -0.25) is 9.69 Å². The molecule has 7 nitrogen and oxygen atoms in total. The second-order valence-electron chi connectivity index (χ2n) is 7.65. The number of amides is 1. The van der Waals surface area contributed by atoms with Crippen LogP contribution in [0.25, 0.3) is 6.08 Å². The Bertz CT molecular complexity index is 1470. The van der Waals surface area contributed by atoms with Gasteiger partial charge in [-0.1, -0.05) is 53.8 Å². The second kappa shape index (κ2) is 10.1. The fraction of sp³-hybridized carbons (Fsp3) is 0.115. The van der Waals surface area contributed by atoms with Gasteiger partial charge in [0.25, 0.3) is 5.91 Å². The molecule has 2 aliphatic rings. The summed E-state index contributed by atoms with van der Waals surface area (Å²) in [7, 11) is 1.50. The minimum atomic E-state index is -0.257. The van der Waals surface area contributed by atoms with Crippen molar-refractivity contribution in [1.82, 2.24) is 0 Å². The van der Waals surface area contributed by atoms with Crippen molar-refractivity contribution in [3.8, 4) is 29.1 Å². The zero-order valence-electron chi connectivity index (χ0n) is 18.8. The lowest BCUT2D eigenvalue weighted by Crippen LogP contribution is -2.27. The largest absolute Gasteiger partial charge is 0.493 e. The molecule has 1 fully saturated rings. The number of halogens is 1. The Labute approximate surface area is 221 Å². The molecule has 0 aromatic heterocycles. The number of rotatable bonds is 6. The lowest BCUT2D eigenvalue weighted by Gasteiger charge is -2.15. The molecule has 0 unspecified atom stereocenters. The van der Waals surface area contributed by atoms with Crippen molar-refractivity contribution in [2.75, 3.05) is 18.8 Å². The van der Waals surface area contributed by atoms with E-state index < -0.39 is 0 Å².